The average molecular weight is 562 g/mol. The molecule has 0 fully saturated rings. The van der Waals surface area contributed by atoms with Gasteiger partial charge in [-0.05, 0) is 0 Å². The first kappa shape index (κ1) is 20.9. The molecule has 0 spiro atoms. The predicted octanol–water partition coefficient (Wildman–Crippen LogP) is -0.385. The Hall–Kier alpha value is -0.430. The van der Waals surface area contributed by atoms with Gasteiger partial charge >= 0.3 is 175 Å². The second kappa shape index (κ2) is 9.49. The second-order valence-electron chi connectivity index (χ2n) is 6.52. The van der Waals surface area contributed by atoms with Crippen LogP contribution < -0.4 is 42.4 Å². The Morgan fingerprint density at radius 2 is 1.80 bits per heavy atom. The van der Waals surface area contributed by atoms with Gasteiger partial charge in [-0.3, -0.25) is 0 Å². The Labute approximate surface area is 173 Å². The van der Waals surface area contributed by atoms with Crippen molar-refractivity contribution in [2.24, 2.45) is 0 Å². The summed E-state index contributed by atoms with van der Waals surface area (Å²) in [6, 6.07) is 4.51. The van der Waals surface area contributed by atoms with Crippen molar-refractivity contribution in [3.05, 3.63) is 56.8 Å². The third kappa shape index (κ3) is 4.85. The summed E-state index contributed by atoms with van der Waals surface area (Å²) in [5.74, 6) is 0. The van der Waals surface area contributed by atoms with E-state index >= 15 is 0 Å². The number of aryl methyl sites for hydroxylation is 2. The Morgan fingerprint density at radius 1 is 1.12 bits per heavy atom. The number of carbonyl (C=O) groups is 1. The first-order valence-electron chi connectivity index (χ1n) is 8.76. The van der Waals surface area contributed by atoms with Crippen LogP contribution in [0.25, 0.3) is 5.57 Å². The number of benzene rings is 1. The SMILES string of the molecule is CCCCC1=C(C)C(C)=C(/C=C(\C=O)c2cc(C)c(C)cc2[I-]C)[I-]1. The molecule has 1 aliphatic rings. The number of hydrogen-bond acceptors (Lipinski definition) is 1. The molecule has 1 aliphatic heterocycles. The summed E-state index contributed by atoms with van der Waals surface area (Å²) in [5.41, 5.74) is 7.54. The van der Waals surface area contributed by atoms with Crippen LogP contribution in [-0.4, -0.2) is 11.2 Å². The van der Waals surface area contributed by atoms with Gasteiger partial charge in [0.1, 0.15) is 0 Å². The van der Waals surface area contributed by atoms with Gasteiger partial charge in [0.15, 0.2) is 0 Å². The van der Waals surface area contributed by atoms with Crippen molar-refractivity contribution in [2.75, 3.05) is 4.93 Å². The summed E-state index contributed by atoms with van der Waals surface area (Å²) in [4.78, 5) is 14.2. The van der Waals surface area contributed by atoms with Crippen molar-refractivity contribution in [3.63, 3.8) is 0 Å². The first-order valence-corrected chi connectivity index (χ1v) is 14.2. The molecule has 0 aliphatic carbocycles. The van der Waals surface area contributed by atoms with Gasteiger partial charge in [-0.15, -0.1) is 0 Å². The summed E-state index contributed by atoms with van der Waals surface area (Å²) < 4.78 is 4.48. The topological polar surface area (TPSA) is 17.1 Å². The van der Waals surface area contributed by atoms with Crippen LogP contribution in [0.4, 0.5) is 0 Å². The fourth-order valence-electron chi connectivity index (χ4n) is 2.82. The van der Waals surface area contributed by atoms with E-state index in [1.54, 1.807) is 3.58 Å². The van der Waals surface area contributed by atoms with Crippen LogP contribution >= 0.6 is 0 Å². The standard InChI is InChI=1S/C22H28I2O/c1-7-8-9-20-16(4)17(5)21(24-20)12-18(13-25)19-10-14(2)15(3)11-22(19)23-6/h10-13H,7-9H2,1-6H3/q-2/b18-12+. The Morgan fingerprint density at radius 3 is 2.40 bits per heavy atom. The number of unbranched alkanes of at least 4 members (excludes halogenated alkanes) is 1. The van der Waals surface area contributed by atoms with E-state index in [-0.39, 0.29) is 42.4 Å². The van der Waals surface area contributed by atoms with Gasteiger partial charge in [0, 0.05) is 0 Å². The maximum absolute atomic E-state index is 11.9. The van der Waals surface area contributed by atoms with E-state index < -0.39 is 0 Å². The zero-order valence-corrected chi connectivity index (χ0v) is 20.4. The normalized spacial score (nSPS) is 15.8. The molecule has 0 saturated carbocycles. The van der Waals surface area contributed by atoms with Crippen molar-refractivity contribution < 1.29 is 47.2 Å². The average Bonchev–Trinajstić information content (AvgIpc) is 2.87. The molecule has 3 heteroatoms. The third-order valence-electron chi connectivity index (χ3n) is 4.80. The number of aldehydes is 1. The Bertz CT molecular complexity index is 766. The minimum absolute atomic E-state index is 0.0558. The van der Waals surface area contributed by atoms with Crippen molar-refractivity contribution >= 4 is 11.9 Å². The van der Waals surface area contributed by atoms with Gasteiger partial charge in [0.2, 0.25) is 0 Å². The van der Waals surface area contributed by atoms with Gasteiger partial charge in [-0.25, -0.2) is 0 Å². The molecular formula is C22H28I2O-2. The molecule has 0 atom stereocenters. The van der Waals surface area contributed by atoms with Crippen LogP contribution in [0.3, 0.4) is 0 Å². The molecule has 0 aromatic heterocycles. The Balaban J connectivity index is 2.40. The van der Waals surface area contributed by atoms with E-state index in [1.165, 1.54) is 48.7 Å². The molecule has 1 aromatic rings. The van der Waals surface area contributed by atoms with Gasteiger partial charge in [-0.2, -0.15) is 0 Å². The molecule has 1 aromatic carbocycles. The molecule has 2 rings (SSSR count). The molecule has 0 saturated heterocycles. The zero-order valence-electron chi connectivity index (χ0n) is 16.1. The van der Waals surface area contributed by atoms with Crippen molar-refractivity contribution in [2.45, 2.75) is 53.9 Å². The second-order valence-corrected chi connectivity index (χ2v) is 11.8. The fourth-order valence-corrected chi connectivity index (χ4v) is 8.11. The molecule has 1 nitrogen and oxygen atoms in total. The molecule has 0 N–H and O–H groups in total. The van der Waals surface area contributed by atoms with E-state index in [4.69, 9.17) is 0 Å². The zero-order chi connectivity index (χ0) is 18.6. The van der Waals surface area contributed by atoms with Crippen LogP contribution in [0.2, 0.25) is 0 Å². The van der Waals surface area contributed by atoms with Crippen LogP contribution in [0, 0.1) is 17.4 Å². The number of carbonyl (C=O) groups excluding carboxylic acids is 1. The molecule has 0 bridgehead atoms. The van der Waals surface area contributed by atoms with E-state index in [0.29, 0.717) is 0 Å². The van der Waals surface area contributed by atoms with Gasteiger partial charge in [-0.1, -0.05) is 0 Å². The molecule has 138 valence electrons. The summed E-state index contributed by atoms with van der Waals surface area (Å²) in [6.07, 6.45) is 7.02. The molecule has 0 amide bonds. The molecule has 0 unspecified atom stereocenters. The Kier molecular flexibility index (Phi) is 7.92. The molecular weight excluding hydrogens is 534 g/mol. The van der Waals surface area contributed by atoms with E-state index in [9.17, 15) is 4.79 Å². The fraction of sp³-hybridized carbons (Fsp3) is 0.409. The summed E-state index contributed by atoms with van der Waals surface area (Å²) in [6.45, 7) is 11.1. The van der Waals surface area contributed by atoms with Crippen molar-refractivity contribution in [1.82, 2.24) is 0 Å². The van der Waals surface area contributed by atoms with Gasteiger partial charge in [0.05, 0.1) is 0 Å². The van der Waals surface area contributed by atoms with Crippen LogP contribution in [0.15, 0.2) is 36.5 Å². The van der Waals surface area contributed by atoms with E-state index in [1.807, 2.05) is 0 Å². The molecule has 0 radical (unpaired) electrons. The first-order chi connectivity index (χ1) is 11.9. The number of halogens is 2. The number of hydrogen-bond donors (Lipinski definition) is 0. The number of rotatable bonds is 7. The van der Waals surface area contributed by atoms with Crippen molar-refractivity contribution in [1.29, 1.82) is 0 Å². The summed E-state index contributed by atoms with van der Waals surface area (Å²) in [5, 5.41) is 0. The predicted molar refractivity (Wildman–Crippen MR) is 99.5 cm³/mol. The molecule has 1 heterocycles. The van der Waals surface area contributed by atoms with Crippen LogP contribution in [-0.2, 0) is 4.79 Å². The van der Waals surface area contributed by atoms with Gasteiger partial charge in [0.25, 0.3) is 0 Å². The summed E-state index contributed by atoms with van der Waals surface area (Å²) in [7, 11) is 0. The summed E-state index contributed by atoms with van der Waals surface area (Å²) >= 11 is -0.166. The number of allylic oxidation sites excluding steroid dienone is 6. The monoisotopic (exact) mass is 562 g/mol. The third-order valence-corrected chi connectivity index (χ3v) is 10.6. The van der Waals surface area contributed by atoms with Crippen LogP contribution in [0.5, 0.6) is 0 Å². The van der Waals surface area contributed by atoms with E-state index in [0.717, 1.165) is 17.4 Å². The molecule has 25 heavy (non-hydrogen) atoms. The number of alkyl halides is 1. The van der Waals surface area contributed by atoms with Gasteiger partial charge < -0.3 is 0 Å². The quantitative estimate of drug-likeness (QED) is 0.192. The minimum atomic E-state index is -0.110. The van der Waals surface area contributed by atoms with Crippen molar-refractivity contribution in [3.8, 4) is 0 Å². The maximum atomic E-state index is 11.9. The van der Waals surface area contributed by atoms with E-state index in [2.05, 4.69) is 57.8 Å². The van der Waals surface area contributed by atoms with Crippen LogP contribution in [0.1, 0.15) is 56.7 Å².